The molecule has 3 atom stereocenters. The minimum atomic E-state index is -0.445. The number of halogens is 1. The minimum absolute atomic E-state index is 0.269. The number of thioether (sulfide) groups is 2. The molecule has 3 nitrogen and oxygen atoms in total. The third-order valence-corrected chi connectivity index (χ3v) is 6.97. The monoisotopic (exact) mass is 336 g/mol. The van der Waals surface area contributed by atoms with Crippen molar-refractivity contribution in [2.24, 2.45) is 7.05 Å². The largest absolute Gasteiger partial charge is 0.386 e. The van der Waals surface area contributed by atoms with Gasteiger partial charge in [-0.3, -0.25) is 4.68 Å². The van der Waals surface area contributed by atoms with Gasteiger partial charge in [0.1, 0.15) is 6.10 Å². The number of aryl methyl sites for hydroxylation is 1. The van der Waals surface area contributed by atoms with Crippen molar-refractivity contribution in [2.75, 3.05) is 11.5 Å². The molecule has 1 aromatic rings. The summed E-state index contributed by atoms with van der Waals surface area (Å²) in [6.07, 6.45) is 2.41. The van der Waals surface area contributed by atoms with Crippen LogP contribution in [0.3, 0.4) is 0 Å². The molecule has 0 saturated carbocycles. The van der Waals surface area contributed by atoms with Gasteiger partial charge in [-0.15, -0.1) is 0 Å². The van der Waals surface area contributed by atoms with Crippen LogP contribution >= 0.6 is 39.5 Å². The average Bonchev–Trinajstić information content (AvgIpc) is 2.68. The topological polar surface area (TPSA) is 38.1 Å². The highest BCUT2D eigenvalue weighted by molar-refractivity contribution is 9.10. The molecule has 2 heterocycles. The van der Waals surface area contributed by atoms with E-state index in [0.717, 1.165) is 22.3 Å². The Kier molecular flexibility index (Phi) is 4.86. The van der Waals surface area contributed by atoms with E-state index in [1.54, 1.807) is 10.9 Å². The van der Waals surface area contributed by atoms with E-state index in [1.165, 1.54) is 5.75 Å². The fourth-order valence-electron chi connectivity index (χ4n) is 2.14. The number of rotatable bonds is 3. The highest BCUT2D eigenvalue weighted by atomic mass is 79.9. The van der Waals surface area contributed by atoms with Gasteiger partial charge in [-0.25, -0.2) is 0 Å². The normalized spacial score (nSPS) is 27.1. The van der Waals surface area contributed by atoms with E-state index in [9.17, 15) is 5.11 Å². The van der Waals surface area contributed by atoms with Crippen molar-refractivity contribution < 1.29 is 5.11 Å². The average molecular weight is 337 g/mol. The summed E-state index contributed by atoms with van der Waals surface area (Å²) in [4.78, 5) is 0. The second-order valence-corrected chi connectivity index (χ2v) is 7.59. The summed E-state index contributed by atoms with van der Waals surface area (Å²) in [5.41, 5.74) is 0.892. The van der Waals surface area contributed by atoms with Gasteiger partial charge in [-0.1, -0.05) is 6.92 Å². The van der Waals surface area contributed by atoms with Gasteiger partial charge in [0, 0.05) is 29.1 Å². The van der Waals surface area contributed by atoms with Crippen molar-refractivity contribution >= 4 is 39.5 Å². The van der Waals surface area contributed by atoms with E-state index >= 15 is 0 Å². The summed E-state index contributed by atoms with van der Waals surface area (Å²) in [6.45, 7) is 2.20. The van der Waals surface area contributed by atoms with Gasteiger partial charge in [-0.05, 0) is 22.4 Å². The van der Waals surface area contributed by atoms with Crippen LogP contribution in [0.4, 0.5) is 0 Å². The predicted octanol–water partition coefficient (Wildman–Crippen LogP) is 2.84. The molecule has 96 valence electrons. The van der Waals surface area contributed by atoms with Gasteiger partial charge in [0.2, 0.25) is 0 Å². The molecule has 1 fully saturated rings. The Bertz CT molecular complexity index is 366. The molecule has 1 saturated heterocycles. The Morgan fingerprint density at radius 1 is 1.59 bits per heavy atom. The molecule has 17 heavy (non-hydrogen) atoms. The number of nitrogens with zero attached hydrogens (tertiary/aromatic N) is 2. The third-order valence-electron chi connectivity index (χ3n) is 3.02. The quantitative estimate of drug-likeness (QED) is 0.920. The summed E-state index contributed by atoms with van der Waals surface area (Å²) in [5, 5.41) is 15.6. The Labute approximate surface area is 119 Å². The van der Waals surface area contributed by atoms with E-state index in [0.29, 0.717) is 5.25 Å². The summed E-state index contributed by atoms with van der Waals surface area (Å²) >= 11 is 7.34. The van der Waals surface area contributed by atoms with Crippen molar-refractivity contribution in [3.8, 4) is 0 Å². The van der Waals surface area contributed by atoms with Gasteiger partial charge >= 0.3 is 0 Å². The Morgan fingerprint density at radius 2 is 2.29 bits per heavy atom. The highest BCUT2D eigenvalue weighted by Crippen LogP contribution is 2.41. The second-order valence-electron chi connectivity index (χ2n) is 4.10. The molecule has 0 bridgehead atoms. The molecule has 1 N–H and O–H groups in total. The van der Waals surface area contributed by atoms with Crippen molar-refractivity contribution in [3.63, 3.8) is 0 Å². The highest BCUT2D eigenvalue weighted by Gasteiger charge is 2.34. The first kappa shape index (κ1) is 13.8. The molecule has 1 aliphatic heterocycles. The third kappa shape index (κ3) is 2.85. The number of hydrogen-bond donors (Lipinski definition) is 1. The van der Waals surface area contributed by atoms with Crippen LogP contribution < -0.4 is 0 Å². The van der Waals surface area contributed by atoms with Gasteiger partial charge < -0.3 is 5.11 Å². The smallest absolute Gasteiger partial charge is 0.110 e. The Morgan fingerprint density at radius 3 is 2.88 bits per heavy atom. The van der Waals surface area contributed by atoms with Gasteiger partial charge in [0.05, 0.1) is 16.4 Å². The molecule has 0 aliphatic carbocycles. The van der Waals surface area contributed by atoms with Gasteiger partial charge in [0.25, 0.3) is 0 Å². The maximum atomic E-state index is 10.6. The molecular formula is C11H17BrN2OS2. The SMILES string of the molecule is CCC1SCCSC1C(O)c1c(Br)cnn1C. The van der Waals surface area contributed by atoms with Gasteiger partial charge in [0.15, 0.2) is 0 Å². The van der Waals surface area contributed by atoms with Crippen molar-refractivity contribution in [3.05, 3.63) is 16.4 Å². The lowest BCUT2D eigenvalue weighted by Crippen LogP contribution is -2.32. The molecule has 0 spiro atoms. The first-order chi connectivity index (χ1) is 8.15. The van der Waals surface area contributed by atoms with Crippen LogP contribution in [-0.4, -0.2) is 36.9 Å². The number of hydrogen-bond acceptors (Lipinski definition) is 4. The predicted molar refractivity (Wildman–Crippen MR) is 78.7 cm³/mol. The molecule has 1 aromatic heterocycles. The standard InChI is InChI=1S/C11H17BrN2OS2/c1-3-8-11(17-5-4-16-8)10(15)9-7(12)6-13-14(9)2/h6,8,10-11,15H,3-5H2,1-2H3. The fourth-order valence-corrected chi connectivity index (χ4v) is 5.83. The fraction of sp³-hybridized carbons (Fsp3) is 0.727. The van der Waals surface area contributed by atoms with Crippen LogP contribution in [0.15, 0.2) is 10.7 Å². The van der Waals surface area contributed by atoms with Crippen LogP contribution in [0.2, 0.25) is 0 Å². The van der Waals surface area contributed by atoms with Crippen LogP contribution in [0, 0.1) is 0 Å². The van der Waals surface area contributed by atoms with Crippen LogP contribution in [0.25, 0.3) is 0 Å². The van der Waals surface area contributed by atoms with E-state index in [-0.39, 0.29) is 5.25 Å². The summed E-state index contributed by atoms with van der Waals surface area (Å²) < 4.78 is 2.67. The number of aliphatic hydroxyl groups is 1. The molecule has 1 aliphatic rings. The zero-order chi connectivity index (χ0) is 12.4. The van der Waals surface area contributed by atoms with Crippen LogP contribution in [0.1, 0.15) is 25.1 Å². The molecule has 0 amide bonds. The Balaban J connectivity index is 2.21. The number of aromatic nitrogens is 2. The first-order valence-corrected chi connectivity index (χ1v) is 8.62. The molecular weight excluding hydrogens is 320 g/mol. The summed E-state index contributed by atoms with van der Waals surface area (Å²) in [7, 11) is 1.88. The van der Waals surface area contributed by atoms with Gasteiger partial charge in [-0.2, -0.15) is 28.6 Å². The molecule has 3 unspecified atom stereocenters. The van der Waals surface area contributed by atoms with Crippen molar-refractivity contribution in [2.45, 2.75) is 29.9 Å². The van der Waals surface area contributed by atoms with E-state index in [4.69, 9.17) is 0 Å². The van der Waals surface area contributed by atoms with Crippen LogP contribution in [0.5, 0.6) is 0 Å². The summed E-state index contributed by atoms with van der Waals surface area (Å²) in [5.74, 6) is 2.32. The zero-order valence-corrected chi connectivity index (χ0v) is 13.2. The van der Waals surface area contributed by atoms with E-state index in [2.05, 4.69) is 28.0 Å². The summed E-state index contributed by atoms with van der Waals surface area (Å²) in [6, 6.07) is 0. The Hall–Kier alpha value is 0.350. The lowest BCUT2D eigenvalue weighted by atomic mass is 10.1. The van der Waals surface area contributed by atoms with Crippen LogP contribution in [-0.2, 0) is 7.05 Å². The van der Waals surface area contributed by atoms with Crippen molar-refractivity contribution in [1.29, 1.82) is 0 Å². The van der Waals surface area contributed by atoms with E-state index < -0.39 is 6.10 Å². The molecule has 0 aromatic carbocycles. The minimum Gasteiger partial charge on any atom is -0.386 e. The maximum Gasteiger partial charge on any atom is 0.110 e. The molecule has 0 radical (unpaired) electrons. The lowest BCUT2D eigenvalue weighted by molar-refractivity contribution is 0.162. The molecule has 2 rings (SSSR count). The second kappa shape index (κ2) is 5.99. The van der Waals surface area contributed by atoms with Crippen molar-refractivity contribution in [1.82, 2.24) is 9.78 Å². The molecule has 6 heteroatoms. The lowest BCUT2D eigenvalue weighted by Gasteiger charge is -2.33. The van der Waals surface area contributed by atoms with E-state index in [1.807, 2.05) is 30.6 Å². The maximum absolute atomic E-state index is 10.6. The zero-order valence-electron chi connectivity index (χ0n) is 9.97. The first-order valence-electron chi connectivity index (χ1n) is 5.73. The number of aliphatic hydroxyl groups excluding tert-OH is 1.